The normalized spacial score (nSPS) is 13.9. The third-order valence-corrected chi connectivity index (χ3v) is 10.8. The zero-order valence-corrected chi connectivity index (χ0v) is 29.2. The lowest BCUT2D eigenvalue weighted by Crippen LogP contribution is -2.56. The molecule has 1 aliphatic carbocycles. The van der Waals surface area contributed by atoms with Gasteiger partial charge in [-0.1, -0.05) is 140 Å². The minimum atomic E-state index is -1.35. The van der Waals surface area contributed by atoms with E-state index in [1.54, 1.807) is 0 Å². The molecule has 51 heavy (non-hydrogen) atoms. The Bertz CT molecular complexity index is 1810. The molecule has 6 rings (SSSR count). The van der Waals surface area contributed by atoms with Crippen LogP contribution in [0, 0.1) is 0 Å². The number of fused-ring (bicyclic) bond motifs is 3. The van der Waals surface area contributed by atoms with Gasteiger partial charge >= 0.3 is 12.1 Å². The number of thioether (sulfide) groups is 1. The molecule has 5 aromatic rings. The maximum atomic E-state index is 14.0. The van der Waals surface area contributed by atoms with Crippen LogP contribution in [0.15, 0.2) is 140 Å². The zero-order chi connectivity index (χ0) is 35.8. The smallest absolute Gasteiger partial charge is 0.407 e. The Balaban J connectivity index is 1.31. The second kappa shape index (κ2) is 16.1. The van der Waals surface area contributed by atoms with E-state index in [9.17, 15) is 19.5 Å². The lowest BCUT2D eigenvalue weighted by Gasteiger charge is -2.36. The first-order valence-corrected chi connectivity index (χ1v) is 17.8. The third-order valence-electron chi connectivity index (χ3n) is 9.19. The molecule has 260 valence electrons. The van der Waals surface area contributed by atoms with Crippen LogP contribution in [0.1, 0.15) is 40.7 Å². The van der Waals surface area contributed by atoms with Gasteiger partial charge in [-0.15, -0.1) is 11.8 Å². The van der Waals surface area contributed by atoms with Crippen molar-refractivity contribution in [2.24, 2.45) is 0 Å². The summed E-state index contributed by atoms with van der Waals surface area (Å²) in [5.41, 5.74) is 7.25. The number of alkyl carbamates (subject to hydrolysis) is 1. The molecule has 0 spiro atoms. The average Bonchev–Trinajstić information content (AvgIpc) is 3.50. The summed E-state index contributed by atoms with van der Waals surface area (Å²) in [6.45, 7) is 1.44. The highest BCUT2D eigenvalue weighted by Gasteiger charge is 2.40. The quantitative estimate of drug-likeness (QED) is 0.0931. The van der Waals surface area contributed by atoms with Crippen molar-refractivity contribution >= 4 is 29.7 Å². The molecule has 2 amide bonds. The van der Waals surface area contributed by atoms with Crippen LogP contribution in [0.5, 0.6) is 0 Å². The fourth-order valence-electron chi connectivity index (χ4n) is 6.70. The standard InChI is InChI=1S/C42H40N2O6S/c1-28(45)38(40(47)49-2)44-39(46)37(43-41(48)50-26-36-34-24-14-12-22-32(34)33-23-13-15-25-35(33)36)27-51-42(29-16-6-3-7-17-29,30-18-8-4-9-19-30)31-20-10-5-11-21-31/h3-25,28,36-38,45H,26-27H2,1-2H3,(H,43,48)(H,44,46)/t28-,37-,38+/m1/s1. The van der Waals surface area contributed by atoms with Gasteiger partial charge in [-0.05, 0) is 45.9 Å². The van der Waals surface area contributed by atoms with Gasteiger partial charge in [-0.3, -0.25) is 4.79 Å². The highest BCUT2D eigenvalue weighted by molar-refractivity contribution is 8.00. The van der Waals surface area contributed by atoms with Gasteiger partial charge in [0.25, 0.3) is 0 Å². The summed E-state index contributed by atoms with van der Waals surface area (Å²) in [7, 11) is 1.18. The molecule has 0 bridgehead atoms. The summed E-state index contributed by atoms with van der Waals surface area (Å²) in [4.78, 5) is 40.2. The Morgan fingerprint density at radius 2 is 1.16 bits per heavy atom. The second-order valence-electron chi connectivity index (χ2n) is 12.4. The lowest BCUT2D eigenvalue weighted by molar-refractivity contribution is -0.148. The summed E-state index contributed by atoms with van der Waals surface area (Å²) < 4.78 is 9.90. The van der Waals surface area contributed by atoms with Crippen LogP contribution in [0.2, 0.25) is 0 Å². The number of nitrogens with one attached hydrogen (secondary N) is 2. The van der Waals surface area contributed by atoms with E-state index >= 15 is 0 Å². The summed E-state index contributed by atoms with van der Waals surface area (Å²) in [5, 5.41) is 15.8. The van der Waals surface area contributed by atoms with Crippen molar-refractivity contribution in [3.63, 3.8) is 0 Å². The predicted molar refractivity (Wildman–Crippen MR) is 199 cm³/mol. The van der Waals surface area contributed by atoms with Gasteiger partial charge in [0.2, 0.25) is 5.91 Å². The second-order valence-corrected chi connectivity index (χ2v) is 13.6. The Kier molecular flexibility index (Phi) is 11.2. The summed E-state index contributed by atoms with van der Waals surface area (Å²) in [5.74, 6) is -1.58. The summed E-state index contributed by atoms with van der Waals surface area (Å²) >= 11 is 1.47. The lowest BCUT2D eigenvalue weighted by atomic mass is 9.84. The van der Waals surface area contributed by atoms with E-state index in [-0.39, 0.29) is 18.3 Å². The SMILES string of the molecule is COC(=O)[C@@H](NC(=O)[C@@H](CSC(c1ccccc1)(c1ccccc1)c1ccccc1)NC(=O)OCC1c2ccccc2-c2ccccc21)[C@@H](C)O. The number of ether oxygens (including phenoxy) is 2. The fraction of sp³-hybridized carbons (Fsp3) is 0.214. The van der Waals surface area contributed by atoms with E-state index in [1.807, 2.05) is 127 Å². The maximum Gasteiger partial charge on any atom is 0.407 e. The Labute approximate surface area is 302 Å². The highest BCUT2D eigenvalue weighted by atomic mass is 32.2. The van der Waals surface area contributed by atoms with Gasteiger partial charge in [0.1, 0.15) is 12.6 Å². The molecule has 3 atom stereocenters. The Morgan fingerprint density at radius 1 is 0.706 bits per heavy atom. The molecule has 0 aromatic heterocycles. The van der Waals surface area contributed by atoms with E-state index in [0.29, 0.717) is 0 Å². The predicted octanol–water partition coefficient (Wildman–Crippen LogP) is 6.66. The number of aliphatic hydroxyl groups excluding tert-OH is 1. The van der Waals surface area contributed by atoms with Gasteiger partial charge in [-0.2, -0.15) is 0 Å². The fourth-order valence-corrected chi connectivity index (χ4v) is 8.26. The molecule has 0 radical (unpaired) electrons. The minimum Gasteiger partial charge on any atom is -0.467 e. The van der Waals surface area contributed by atoms with Crippen molar-refractivity contribution < 1.29 is 29.0 Å². The first-order chi connectivity index (χ1) is 24.8. The molecule has 8 nitrogen and oxygen atoms in total. The number of hydrogen-bond donors (Lipinski definition) is 3. The number of aliphatic hydroxyl groups is 1. The monoisotopic (exact) mass is 700 g/mol. The van der Waals surface area contributed by atoms with Crippen molar-refractivity contribution in [1.82, 2.24) is 10.6 Å². The van der Waals surface area contributed by atoms with Crippen LogP contribution in [-0.2, 0) is 23.8 Å². The Morgan fingerprint density at radius 3 is 1.61 bits per heavy atom. The van der Waals surface area contributed by atoms with Gasteiger partial charge in [-0.25, -0.2) is 9.59 Å². The molecule has 0 saturated carbocycles. The molecule has 0 saturated heterocycles. The van der Waals surface area contributed by atoms with Crippen molar-refractivity contribution in [1.29, 1.82) is 0 Å². The van der Waals surface area contributed by atoms with Crippen LogP contribution in [-0.4, -0.2) is 60.7 Å². The molecule has 5 aromatic carbocycles. The van der Waals surface area contributed by atoms with Crippen LogP contribution in [0.4, 0.5) is 4.79 Å². The van der Waals surface area contributed by atoms with E-state index in [0.717, 1.165) is 38.9 Å². The third kappa shape index (κ3) is 7.55. The number of methoxy groups -OCH3 is 1. The highest BCUT2D eigenvalue weighted by Crippen LogP contribution is 2.49. The number of carbonyl (C=O) groups is 3. The molecule has 1 aliphatic rings. The van der Waals surface area contributed by atoms with E-state index in [1.165, 1.54) is 25.8 Å². The van der Waals surface area contributed by atoms with Gasteiger partial charge in [0.15, 0.2) is 6.04 Å². The maximum absolute atomic E-state index is 14.0. The van der Waals surface area contributed by atoms with Crippen LogP contribution < -0.4 is 10.6 Å². The van der Waals surface area contributed by atoms with Crippen LogP contribution in [0.25, 0.3) is 11.1 Å². The topological polar surface area (TPSA) is 114 Å². The van der Waals surface area contributed by atoms with E-state index in [4.69, 9.17) is 9.47 Å². The van der Waals surface area contributed by atoms with Gasteiger partial charge in [0.05, 0.1) is 18.0 Å². The van der Waals surface area contributed by atoms with E-state index in [2.05, 4.69) is 22.8 Å². The number of benzene rings is 5. The number of rotatable bonds is 13. The number of carbonyl (C=O) groups excluding carboxylic acids is 3. The van der Waals surface area contributed by atoms with Crippen molar-refractivity contribution in [2.75, 3.05) is 19.5 Å². The number of amides is 2. The molecule has 0 heterocycles. The molecular formula is C42H40N2O6S. The number of hydrogen-bond acceptors (Lipinski definition) is 7. The molecule has 0 aliphatic heterocycles. The van der Waals surface area contributed by atoms with Crippen molar-refractivity contribution in [3.8, 4) is 11.1 Å². The van der Waals surface area contributed by atoms with Crippen LogP contribution in [0.3, 0.4) is 0 Å². The molecular weight excluding hydrogens is 661 g/mol. The molecule has 0 fully saturated rings. The van der Waals surface area contributed by atoms with Gasteiger partial charge < -0.3 is 25.2 Å². The molecule has 0 unspecified atom stereocenters. The Hall–Kier alpha value is -5.38. The first-order valence-electron chi connectivity index (χ1n) is 16.8. The minimum absolute atomic E-state index is 0.0573. The average molecular weight is 701 g/mol. The zero-order valence-electron chi connectivity index (χ0n) is 28.4. The molecule has 3 N–H and O–H groups in total. The largest absolute Gasteiger partial charge is 0.467 e. The number of esters is 1. The van der Waals surface area contributed by atoms with Gasteiger partial charge in [0, 0.05) is 11.7 Å². The van der Waals surface area contributed by atoms with Crippen molar-refractivity contribution in [2.45, 2.75) is 35.8 Å². The molecule has 9 heteroatoms. The summed E-state index contributed by atoms with van der Waals surface area (Å²) in [6, 6.07) is 43.5. The van der Waals surface area contributed by atoms with Crippen LogP contribution >= 0.6 is 11.8 Å². The summed E-state index contributed by atoms with van der Waals surface area (Å²) in [6.07, 6.45) is -2.03. The first kappa shape index (κ1) is 35.4. The van der Waals surface area contributed by atoms with Crippen molar-refractivity contribution in [3.05, 3.63) is 167 Å². The van der Waals surface area contributed by atoms with E-state index < -0.39 is 40.9 Å².